The first-order valence-electron chi connectivity index (χ1n) is 10.4. The third kappa shape index (κ3) is 2.69. The lowest BCUT2D eigenvalue weighted by atomic mass is 9.46. The Morgan fingerprint density at radius 2 is 1.79 bits per heavy atom. The average Bonchev–Trinajstić information content (AvgIpc) is 2.88. The molecule has 7 heteroatoms. The van der Waals surface area contributed by atoms with Crippen molar-refractivity contribution in [3.05, 3.63) is 11.6 Å². The lowest BCUT2D eigenvalue weighted by Crippen LogP contribution is -2.58. The van der Waals surface area contributed by atoms with Crippen molar-refractivity contribution in [2.75, 3.05) is 0 Å². The molecule has 0 aromatic rings. The van der Waals surface area contributed by atoms with Gasteiger partial charge in [0.15, 0.2) is 17.2 Å². The Morgan fingerprint density at radius 1 is 1.11 bits per heavy atom. The summed E-state index contributed by atoms with van der Waals surface area (Å²) < 4.78 is 37.8. The highest BCUT2D eigenvalue weighted by molar-refractivity contribution is 7.81. The minimum atomic E-state index is -4.73. The maximum Gasteiger partial charge on any atom is 0.398 e. The van der Waals surface area contributed by atoms with Gasteiger partial charge in [-0.15, -0.1) is 0 Å². The molecule has 0 aromatic carbocycles. The summed E-state index contributed by atoms with van der Waals surface area (Å²) in [4.78, 5) is 24.6. The fourth-order valence-electron chi connectivity index (χ4n) is 7.51. The molecular weight excluding hydrogens is 380 g/mol. The molecule has 28 heavy (non-hydrogen) atoms. The second-order valence-corrected chi connectivity index (χ2v) is 10.9. The van der Waals surface area contributed by atoms with Gasteiger partial charge in [0.2, 0.25) is 0 Å². The molecule has 5 unspecified atom stereocenters. The van der Waals surface area contributed by atoms with Crippen LogP contribution in [0.3, 0.4) is 0 Å². The molecular formula is C21H30O6S. The quantitative estimate of drug-likeness (QED) is 0.713. The van der Waals surface area contributed by atoms with E-state index in [1.165, 1.54) is 12.5 Å². The second kappa shape index (κ2) is 6.22. The first kappa shape index (κ1) is 20.2. The SMILES string of the molecule is CC(=O)[C@@]1(OS(=O)(=O)O)CCC2C3CCC4=CC(=O)CCC4(C)C3CCC21C. The second-order valence-electron chi connectivity index (χ2n) is 9.86. The summed E-state index contributed by atoms with van der Waals surface area (Å²) in [7, 11) is -4.73. The van der Waals surface area contributed by atoms with Crippen molar-refractivity contribution in [1.29, 1.82) is 0 Å². The van der Waals surface area contributed by atoms with Gasteiger partial charge in [0.05, 0.1) is 0 Å². The summed E-state index contributed by atoms with van der Waals surface area (Å²) in [6.07, 6.45) is 7.79. The average molecular weight is 411 g/mol. The predicted octanol–water partition coefficient (Wildman–Crippen LogP) is 3.67. The minimum Gasteiger partial charge on any atom is -0.297 e. The Labute approximate surface area is 167 Å². The van der Waals surface area contributed by atoms with Crippen LogP contribution < -0.4 is 0 Å². The number of rotatable bonds is 3. The van der Waals surface area contributed by atoms with E-state index in [9.17, 15) is 22.6 Å². The molecule has 0 amide bonds. The van der Waals surface area contributed by atoms with Gasteiger partial charge in [-0.1, -0.05) is 19.4 Å². The van der Waals surface area contributed by atoms with Gasteiger partial charge in [0.25, 0.3) is 0 Å². The number of hydrogen-bond acceptors (Lipinski definition) is 5. The van der Waals surface area contributed by atoms with Gasteiger partial charge in [-0.25, -0.2) is 4.18 Å². The van der Waals surface area contributed by atoms with Crippen molar-refractivity contribution >= 4 is 22.0 Å². The highest BCUT2D eigenvalue weighted by atomic mass is 32.3. The standard InChI is InChI=1S/C21H30O6S/c1-13(22)21(27-28(24,25)26)11-8-18-16-5-4-14-12-15(23)6-9-19(14,2)17(16)7-10-20(18,21)3/h12,16-18H,4-11H2,1-3H3,(H,24,25,26)/t16?,17?,18?,19?,20?,21-/m0/s1. The molecule has 0 spiro atoms. The number of carbonyl (C=O) groups excluding carboxylic acids is 2. The van der Waals surface area contributed by atoms with Crippen molar-refractivity contribution in [2.24, 2.45) is 28.6 Å². The van der Waals surface area contributed by atoms with Crippen LogP contribution in [0.4, 0.5) is 0 Å². The number of hydrogen-bond donors (Lipinski definition) is 1. The minimum absolute atomic E-state index is 0.0174. The molecule has 6 nitrogen and oxygen atoms in total. The van der Waals surface area contributed by atoms with E-state index in [0.29, 0.717) is 31.1 Å². The molecule has 4 aliphatic carbocycles. The normalized spacial score (nSPS) is 45.6. The summed E-state index contributed by atoms with van der Waals surface area (Å²) >= 11 is 0. The van der Waals surface area contributed by atoms with E-state index in [1.54, 1.807) is 0 Å². The summed E-state index contributed by atoms with van der Waals surface area (Å²) in [5.74, 6) is 0.893. The van der Waals surface area contributed by atoms with Gasteiger partial charge in [0.1, 0.15) is 0 Å². The Hall–Kier alpha value is -1.05. The fourth-order valence-corrected chi connectivity index (χ4v) is 8.26. The van der Waals surface area contributed by atoms with Crippen molar-refractivity contribution in [2.45, 2.75) is 77.7 Å². The number of fused-ring (bicyclic) bond motifs is 5. The van der Waals surface area contributed by atoms with E-state index < -0.39 is 21.4 Å². The molecule has 0 saturated heterocycles. The molecule has 4 rings (SSSR count). The largest absolute Gasteiger partial charge is 0.398 e. The molecule has 0 heterocycles. The highest BCUT2D eigenvalue weighted by Gasteiger charge is 2.68. The molecule has 1 N–H and O–H groups in total. The van der Waals surface area contributed by atoms with Gasteiger partial charge in [-0.05, 0) is 81.1 Å². The van der Waals surface area contributed by atoms with Crippen molar-refractivity contribution in [3.8, 4) is 0 Å². The molecule has 0 bridgehead atoms. The zero-order valence-corrected chi connectivity index (χ0v) is 17.7. The predicted molar refractivity (Wildman–Crippen MR) is 103 cm³/mol. The van der Waals surface area contributed by atoms with Gasteiger partial charge in [-0.2, -0.15) is 8.42 Å². The maximum absolute atomic E-state index is 12.6. The van der Waals surface area contributed by atoms with E-state index in [0.717, 1.165) is 32.1 Å². The zero-order chi connectivity index (χ0) is 20.5. The molecule has 0 radical (unpaired) electrons. The van der Waals surface area contributed by atoms with Gasteiger partial charge >= 0.3 is 10.4 Å². The first-order chi connectivity index (χ1) is 12.9. The fraction of sp³-hybridized carbons (Fsp3) is 0.810. The molecule has 156 valence electrons. The molecule has 6 atom stereocenters. The van der Waals surface area contributed by atoms with Crippen LogP contribution in [0.2, 0.25) is 0 Å². The highest BCUT2D eigenvalue weighted by Crippen LogP contribution is 2.68. The molecule has 4 aliphatic rings. The summed E-state index contributed by atoms with van der Waals surface area (Å²) in [6, 6.07) is 0. The van der Waals surface area contributed by atoms with Crippen LogP contribution in [-0.4, -0.2) is 30.1 Å². The van der Waals surface area contributed by atoms with Gasteiger partial charge in [-0.3, -0.25) is 14.1 Å². The van der Waals surface area contributed by atoms with Crippen LogP contribution in [-0.2, 0) is 24.2 Å². The van der Waals surface area contributed by atoms with E-state index in [-0.39, 0.29) is 22.9 Å². The van der Waals surface area contributed by atoms with Gasteiger partial charge < -0.3 is 0 Å². The third-order valence-electron chi connectivity index (χ3n) is 8.90. The number of carbonyl (C=O) groups is 2. The lowest BCUT2D eigenvalue weighted by Gasteiger charge is -2.59. The Balaban J connectivity index is 1.72. The summed E-state index contributed by atoms with van der Waals surface area (Å²) in [5, 5.41) is 0. The maximum atomic E-state index is 12.6. The van der Waals surface area contributed by atoms with Crippen LogP contribution in [0, 0.1) is 28.6 Å². The smallest absolute Gasteiger partial charge is 0.297 e. The van der Waals surface area contributed by atoms with Crippen LogP contribution in [0.1, 0.15) is 72.1 Å². The van der Waals surface area contributed by atoms with E-state index in [4.69, 9.17) is 4.18 Å². The topological polar surface area (TPSA) is 97.7 Å². The Kier molecular flexibility index (Phi) is 4.50. The van der Waals surface area contributed by atoms with Crippen molar-refractivity contribution < 1.29 is 26.7 Å². The van der Waals surface area contributed by atoms with Crippen molar-refractivity contribution in [1.82, 2.24) is 0 Å². The molecule has 0 aliphatic heterocycles. The molecule has 0 aromatic heterocycles. The van der Waals surface area contributed by atoms with Crippen molar-refractivity contribution in [3.63, 3.8) is 0 Å². The first-order valence-corrected chi connectivity index (χ1v) is 11.7. The summed E-state index contributed by atoms with van der Waals surface area (Å²) in [6.45, 7) is 5.64. The van der Waals surface area contributed by atoms with E-state index >= 15 is 0 Å². The Morgan fingerprint density at radius 3 is 2.43 bits per heavy atom. The Bertz CT molecular complexity index is 860. The monoisotopic (exact) mass is 410 g/mol. The van der Waals surface area contributed by atoms with Gasteiger partial charge in [0, 0.05) is 11.8 Å². The number of ketones is 2. The molecule has 3 fully saturated rings. The van der Waals surface area contributed by atoms with Crippen LogP contribution >= 0.6 is 0 Å². The summed E-state index contributed by atoms with van der Waals surface area (Å²) in [5.41, 5.74) is -0.796. The third-order valence-corrected chi connectivity index (χ3v) is 9.39. The van der Waals surface area contributed by atoms with Crippen LogP contribution in [0.5, 0.6) is 0 Å². The zero-order valence-electron chi connectivity index (χ0n) is 16.9. The number of allylic oxidation sites excluding steroid dienone is 1. The lowest BCUT2D eigenvalue weighted by molar-refractivity contribution is -0.154. The van der Waals surface area contributed by atoms with Crippen LogP contribution in [0.25, 0.3) is 0 Å². The molecule has 3 saturated carbocycles. The van der Waals surface area contributed by atoms with E-state index in [2.05, 4.69) is 6.92 Å². The van der Waals surface area contributed by atoms with Crippen LogP contribution in [0.15, 0.2) is 11.6 Å². The number of Topliss-reactive ketones (excluding diaryl/α,β-unsaturated/α-hetero) is 1. The van der Waals surface area contributed by atoms with E-state index in [1.807, 2.05) is 13.0 Å².